The summed E-state index contributed by atoms with van der Waals surface area (Å²) >= 11 is 0. The molecular weight excluding hydrogens is 274 g/mol. The van der Waals surface area contributed by atoms with Crippen molar-refractivity contribution in [3.05, 3.63) is 71.3 Å². The summed E-state index contributed by atoms with van der Waals surface area (Å²) in [6.45, 7) is 2.21. The topological polar surface area (TPSA) is 49.3 Å². The van der Waals surface area contributed by atoms with Gasteiger partial charge in [0.05, 0.1) is 11.5 Å². The summed E-state index contributed by atoms with van der Waals surface area (Å²) in [5.74, 6) is 0.0198. The van der Waals surface area contributed by atoms with Gasteiger partial charge in [-0.3, -0.25) is 4.79 Å². The number of aliphatic hydroxyl groups excluding tert-OH is 1. The van der Waals surface area contributed by atoms with Crippen LogP contribution >= 0.6 is 0 Å². The Bertz CT molecular complexity index is 662. The van der Waals surface area contributed by atoms with Gasteiger partial charge in [-0.2, -0.15) is 0 Å². The third-order valence-electron chi connectivity index (χ3n) is 4.51. The molecule has 1 atom stereocenters. The zero-order chi connectivity index (χ0) is 15.6. The largest absolute Gasteiger partial charge is 0.387 e. The lowest BCUT2D eigenvalue weighted by Gasteiger charge is -2.19. The number of rotatable bonds is 5. The first-order valence-electron chi connectivity index (χ1n) is 7.71. The van der Waals surface area contributed by atoms with Gasteiger partial charge in [-0.05, 0) is 36.5 Å². The van der Waals surface area contributed by atoms with E-state index in [0.29, 0.717) is 0 Å². The fraction of sp³-hybridized carbons (Fsp3) is 0.316. The first-order valence-corrected chi connectivity index (χ1v) is 7.71. The fourth-order valence-electron chi connectivity index (χ4n) is 2.96. The number of aliphatic hydroxyl groups is 1. The molecule has 0 radical (unpaired) electrons. The summed E-state index contributed by atoms with van der Waals surface area (Å²) in [5, 5.41) is 13.2. The van der Waals surface area contributed by atoms with Crippen LogP contribution < -0.4 is 5.32 Å². The highest BCUT2D eigenvalue weighted by Gasteiger charge is 2.51. The van der Waals surface area contributed by atoms with Crippen molar-refractivity contribution in [2.24, 2.45) is 0 Å². The zero-order valence-electron chi connectivity index (χ0n) is 12.8. The number of amides is 1. The molecule has 114 valence electrons. The molecule has 3 heteroatoms. The molecule has 2 N–H and O–H groups in total. The molecule has 0 heterocycles. The van der Waals surface area contributed by atoms with Crippen molar-refractivity contribution in [2.75, 3.05) is 6.54 Å². The minimum atomic E-state index is -0.670. The number of nitrogens with one attached hydrogen (secondary N) is 1. The van der Waals surface area contributed by atoms with Crippen molar-refractivity contribution < 1.29 is 9.90 Å². The molecule has 1 saturated carbocycles. The number of hydrogen-bond donors (Lipinski definition) is 2. The Morgan fingerprint density at radius 1 is 1.14 bits per heavy atom. The van der Waals surface area contributed by atoms with Crippen LogP contribution in [0.15, 0.2) is 54.6 Å². The quantitative estimate of drug-likeness (QED) is 0.891. The van der Waals surface area contributed by atoms with Crippen molar-refractivity contribution in [3.63, 3.8) is 0 Å². The Hall–Kier alpha value is -2.13. The second-order valence-corrected chi connectivity index (χ2v) is 6.03. The number of carbonyl (C=O) groups excluding carboxylic acids is 1. The van der Waals surface area contributed by atoms with E-state index in [1.165, 1.54) is 0 Å². The Labute approximate surface area is 131 Å². The molecule has 0 spiro atoms. The maximum atomic E-state index is 12.5. The third kappa shape index (κ3) is 2.77. The van der Waals surface area contributed by atoms with Crippen molar-refractivity contribution in [1.82, 2.24) is 5.32 Å². The summed E-state index contributed by atoms with van der Waals surface area (Å²) in [6.07, 6.45) is 1.09. The van der Waals surface area contributed by atoms with Crippen LogP contribution in [0.25, 0.3) is 0 Å². The number of aryl methyl sites for hydroxylation is 1. The van der Waals surface area contributed by atoms with Gasteiger partial charge in [0.25, 0.3) is 0 Å². The molecule has 3 nitrogen and oxygen atoms in total. The average molecular weight is 295 g/mol. The van der Waals surface area contributed by atoms with Crippen LogP contribution in [0, 0.1) is 6.92 Å². The predicted octanol–water partition coefficient (Wildman–Crippen LogP) is 2.88. The van der Waals surface area contributed by atoms with E-state index in [0.717, 1.165) is 29.5 Å². The SMILES string of the molecule is Cc1ccccc1C(O)CNC(=O)C1(c2ccccc2)CC1. The van der Waals surface area contributed by atoms with E-state index in [1.54, 1.807) is 0 Å². The Kier molecular flexibility index (Phi) is 3.99. The molecule has 1 amide bonds. The van der Waals surface area contributed by atoms with Crippen LogP contribution in [-0.2, 0) is 10.2 Å². The summed E-state index contributed by atoms with van der Waals surface area (Å²) in [6, 6.07) is 17.6. The van der Waals surface area contributed by atoms with E-state index in [-0.39, 0.29) is 17.9 Å². The Balaban J connectivity index is 1.65. The standard InChI is InChI=1S/C19H21NO2/c1-14-7-5-6-10-16(14)17(21)13-20-18(22)19(11-12-19)15-8-3-2-4-9-15/h2-10,17,21H,11-13H2,1H3,(H,20,22). The van der Waals surface area contributed by atoms with Crippen LogP contribution in [0.1, 0.15) is 35.6 Å². The van der Waals surface area contributed by atoms with Crippen LogP contribution in [0.5, 0.6) is 0 Å². The number of carbonyl (C=O) groups is 1. The fourth-order valence-corrected chi connectivity index (χ4v) is 2.96. The Morgan fingerprint density at radius 3 is 2.41 bits per heavy atom. The highest BCUT2D eigenvalue weighted by atomic mass is 16.3. The first kappa shape index (κ1) is 14.8. The zero-order valence-corrected chi connectivity index (χ0v) is 12.8. The molecule has 0 aromatic heterocycles. The van der Waals surface area contributed by atoms with E-state index < -0.39 is 6.10 Å². The third-order valence-corrected chi connectivity index (χ3v) is 4.51. The van der Waals surface area contributed by atoms with Crippen LogP contribution in [-0.4, -0.2) is 17.6 Å². The van der Waals surface area contributed by atoms with E-state index >= 15 is 0 Å². The van der Waals surface area contributed by atoms with Gasteiger partial charge in [0.1, 0.15) is 0 Å². The highest BCUT2D eigenvalue weighted by molar-refractivity contribution is 5.91. The predicted molar refractivity (Wildman–Crippen MR) is 86.5 cm³/mol. The average Bonchev–Trinajstić information content (AvgIpc) is 3.35. The van der Waals surface area contributed by atoms with Crippen molar-refractivity contribution in [3.8, 4) is 0 Å². The number of benzene rings is 2. The minimum Gasteiger partial charge on any atom is -0.387 e. The molecule has 0 aliphatic heterocycles. The molecule has 1 unspecified atom stereocenters. The van der Waals surface area contributed by atoms with E-state index in [2.05, 4.69) is 5.32 Å². The van der Waals surface area contributed by atoms with Gasteiger partial charge in [0, 0.05) is 6.54 Å². The summed E-state index contributed by atoms with van der Waals surface area (Å²) < 4.78 is 0. The normalized spacial score (nSPS) is 16.8. The molecule has 1 aliphatic carbocycles. The van der Waals surface area contributed by atoms with Gasteiger partial charge in [0.2, 0.25) is 5.91 Å². The lowest BCUT2D eigenvalue weighted by molar-refractivity contribution is -0.124. The highest BCUT2D eigenvalue weighted by Crippen LogP contribution is 2.48. The second kappa shape index (κ2) is 5.93. The molecule has 1 aliphatic rings. The van der Waals surface area contributed by atoms with Crippen molar-refractivity contribution in [2.45, 2.75) is 31.3 Å². The van der Waals surface area contributed by atoms with E-state index in [1.807, 2.05) is 61.5 Å². The maximum absolute atomic E-state index is 12.5. The van der Waals surface area contributed by atoms with Gasteiger partial charge in [0.15, 0.2) is 0 Å². The molecule has 2 aromatic rings. The van der Waals surface area contributed by atoms with E-state index in [4.69, 9.17) is 0 Å². The molecule has 1 fully saturated rings. The monoisotopic (exact) mass is 295 g/mol. The maximum Gasteiger partial charge on any atom is 0.230 e. The van der Waals surface area contributed by atoms with Gasteiger partial charge < -0.3 is 10.4 Å². The lowest BCUT2D eigenvalue weighted by atomic mass is 9.95. The molecule has 22 heavy (non-hydrogen) atoms. The van der Waals surface area contributed by atoms with Crippen LogP contribution in [0.3, 0.4) is 0 Å². The molecule has 0 saturated heterocycles. The van der Waals surface area contributed by atoms with Gasteiger partial charge in [-0.1, -0.05) is 54.6 Å². The first-order chi connectivity index (χ1) is 10.6. The van der Waals surface area contributed by atoms with Gasteiger partial charge >= 0.3 is 0 Å². The smallest absolute Gasteiger partial charge is 0.230 e. The molecule has 2 aromatic carbocycles. The van der Waals surface area contributed by atoms with Gasteiger partial charge in [-0.15, -0.1) is 0 Å². The van der Waals surface area contributed by atoms with Crippen LogP contribution in [0.2, 0.25) is 0 Å². The molecular formula is C19H21NO2. The van der Waals surface area contributed by atoms with Crippen LogP contribution in [0.4, 0.5) is 0 Å². The number of hydrogen-bond acceptors (Lipinski definition) is 2. The summed E-state index contributed by atoms with van der Waals surface area (Å²) in [4.78, 5) is 12.5. The Morgan fingerprint density at radius 2 is 1.77 bits per heavy atom. The van der Waals surface area contributed by atoms with Crippen molar-refractivity contribution in [1.29, 1.82) is 0 Å². The molecule has 3 rings (SSSR count). The minimum absolute atomic E-state index is 0.0198. The van der Waals surface area contributed by atoms with Gasteiger partial charge in [-0.25, -0.2) is 0 Å². The summed E-state index contributed by atoms with van der Waals surface area (Å²) in [7, 11) is 0. The summed E-state index contributed by atoms with van der Waals surface area (Å²) in [5.41, 5.74) is 2.59. The van der Waals surface area contributed by atoms with Crippen molar-refractivity contribution >= 4 is 5.91 Å². The lowest BCUT2D eigenvalue weighted by Crippen LogP contribution is -2.37. The van der Waals surface area contributed by atoms with E-state index in [9.17, 15) is 9.90 Å². The molecule has 0 bridgehead atoms. The second-order valence-electron chi connectivity index (χ2n) is 6.03.